The van der Waals surface area contributed by atoms with Gasteiger partial charge in [0.25, 0.3) is 0 Å². The van der Waals surface area contributed by atoms with E-state index in [1.807, 2.05) is 12.3 Å². The number of ether oxygens (including phenoxy) is 1. The van der Waals surface area contributed by atoms with Gasteiger partial charge in [0.2, 0.25) is 0 Å². The van der Waals surface area contributed by atoms with E-state index in [0.29, 0.717) is 26.9 Å². The number of halogens is 3. The Morgan fingerprint density at radius 1 is 1.26 bits per heavy atom. The van der Waals surface area contributed by atoms with Crippen LogP contribution in [-0.4, -0.2) is 17.8 Å². The van der Waals surface area contributed by atoms with Gasteiger partial charge in [0.15, 0.2) is 5.78 Å². The van der Waals surface area contributed by atoms with Crippen molar-refractivity contribution < 1.29 is 18.3 Å². The van der Waals surface area contributed by atoms with Gasteiger partial charge in [-0.3, -0.25) is 4.79 Å². The normalized spacial score (nSPS) is 15.2. The number of carbonyl (C=O) groups excluding carboxylic acids is 1. The second-order valence-electron chi connectivity index (χ2n) is 5.89. The molecular formula is C20H16ClF2NO2S. The van der Waals surface area contributed by atoms with Gasteiger partial charge in [0.05, 0.1) is 24.2 Å². The summed E-state index contributed by atoms with van der Waals surface area (Å²) in [4.78, 5) is 14.5. The molecule has 1 aliphatic rings. The molecule has 1 heterocycles. The third-order valence-corrected chi connectivity index (χ3v) is 5.34. The zero-order valence-electron chi connectivity index (χ0n) is 14.6. The second kappa shape index (κ2) is 8.15. The first-order chi connectivity index (χ1) is 12.9. The Kier molecular flexibility index (Phi) is 5.87. The van der Waals surface area contributed by atoms with Crippen molar-refractivity contribution in [3.63, 3.8) is 0 Å². The lowest BCUT2D eigenvalue weighted by Gasteiger charge is -2.22. The largest absolute Gasteiger partial charge is 0.496 e. The molecule has 3 rings (SSSR count). The van der Waals surface area contributed by atoms with E-state index in [0.717, 1.165) is 11.8 Å². The molecule has 1 aliphatic heterocycles. The first-order valence-electron chi connectivity index (χ1n) is 8.03. The summed E-state index contributed by atoms with van der Waals surface area (Å²) in [7, 11) is 1.48. The molecule has 0 unspecified atom stereocenters. The Balaban J connectivity index is 1.89. The van der Waals surface area contributed by atoms with Crippen LogP contribution in [0.4, 0.5) is 8.78 Å². The molecule has 3 nitrogen and oxygen atoms in total. The smallest absolute Gasteiger partial charge is 0.192 e. The number of rotatable bonds is 5. The minimum absolute atomic E-state index is 0.188. The number of nitrogens with zero attached hydrogens (tertiary/aromatic N) is 1. The average molecular weight is 408 g/mol. The Morgan fingerprint density at radius 3 is 2.74 bits per heavy atom. The van der Waals surface area contributed by atoms with E-state index in [2.05, 4.69) is 0 Å². The van der Waals surface area contributed by atoms with Crippen molar-refractivity contribution in [3.05, 3.63) is 86.4 Å². The Morgan fingerprint density at radius 2 is 2.04 bits per heavy atom. The number of methoxy groups -OCH3 is 1. The van der Waals surface area contributed by atoms with Crippen LogP contribution in [0.15, 0.2) is 58.6 Å². The van der Waals surface area contributed by atoms with Gasteiger partial charge in [-0.15, -0.1) is 0 Å². The van der Waals surface area contributed by atoms with Crippen LogP contribution < -0.4 is 4.74 Å². The van der Waals surface area contributed by atoms with Gasteiger partial charge in [0, 0.05) is 28.4 Å². The summed E-state index contributed by atoms with van der Waals surface area (Å²) < 4.78 is 32.4. The number of allylic oxidation sites excluding steroid dienone is 2. The molecule has 0 spiro atoms. The molecule has 0 amide bonds. The van der Waals surface area contributed by atoms with E-state index in [9.17, 15) is 13.6 Å². The number of hydrogen-bond donors (Lipinski definition) is 0. The van der Waals surface area contributed by atoms with Crippen molar-refractivity contribution in [3.8, 4) is 5.75 Å². The molecule has 2 aromatic carbocycles. The topological polar surface area (TPSA) is 29.5 Å². The van der Waals surface area contributed by atoms with Crippen LogP contribution in [0.1, 0.15) is 22.8 Å². The molecular weight excluding hydrogens is 392 g/mol. The summed E-state index contributed by atoms with van der Waals surface area (Å²) >= 11 is 7.36. The summed E-state index contributed by atoms with van der Waals surface area (Å²) in [5.41, 5.74) is 1.54. The van der Waals surface area contributed by atoms with E-state index >= 15 is 0 Å². The minimum atomic E-state index is -0.627. The number of hydrogen-bond acceptors (Lipinski definition) is 4. The highest BCUT2D eigenvalue weighted by Gasteiger charge is 2.22. The van der Waals surface area contributed by atoms with Crippen LogP contribution in [-0.2, 0) is 6.54 Å². The molecule has 140 valence electrons. The highest BCUT2D eigenvalue weighted by molar-refractivity contribution is 8.06. The Bertz CT molecular complexity index is 959. The van der Waals surface area contributed by atoms with Gasteiger partial charge in [-0.1, -0.05) is 29.4 Å². The molecule has 0 radical (unpaired) electrons. The van der Waals surface area contributed by atoms with Crippen molar-refractivity contribution in [2.24, 2.45) is 0 Å². The third kappa shape index (κ3) is 4.34. The predicted molar refractivity (Wildman–Crippen MR) is 104 cm³/mol. The first-order valence-corrected chi connectivity index (χ1v) is 9.29. The van der Waals surface area contributed by atoms with Crippen LogP contribution in [0.2, 0.25) is 5.02 Å². The second-order valence-corrected chi connectivity index (χ2v) is 7.22. The van der Waals surface area contributed by atoms with E-state index in [1.54, 1.807) is 23.1 Å². The monoisotopic (exact) mass is 407 g/mol. The molecule has 0 saturated carbocycles. The summed E-state index contributed by atoms with van der Waals surface area (Å²) in [5.74, 6) is -1.10. The van der Waals surface area contributed by atoms with Gasteiger partial charge < -0.3 is 9.64 Å². The number of carbonyl (C=O) groups is 1. The van der Waals surface area contributed by atoms with Gasteiger partial charge in [-0.05, 0) is 36.6 Å². The van der Waals surface area contributed by atoms with Crippen LogP contribution >= 0.6 is 23.4 Å². The van der Waals surface area contributed by atoms with Crippen LogP contribution in [0.5, 0.6) is 5.75 Å². The quantitative estimate of drug-likeness (QED) is 0.465. The summed E-state index contributed by atoms with van der Waals surface area (Å²) in [6.07, 6.45) is 1.47. The van der Waals surface area contributed by atoms with E-state index in [1.165, 1.54) is 37.1 Å². The lowest BCUT2D eigenvalue weighted by atomic mass is 10.1. The molecule has 27 heavy (non-hydrogen) atoms. The summed E-state index contributed by atoms with van der Waals surface area (Å²) in [6.45, 7) is 2.05. The van der Waals surface area contributed by atoms with E-state index in [-0.39, 0.29) is 12.3 Å². The molecule has 0 fully saturated rings. The molecule has 2 aromatic rings. The number of thioether (sulfide) groups is 1. The maximum absolute atomic E-state index is 14.0. The van der Waals surface area contributed by atoms with Crippen molar-refractivity contribution in [1.29, 1.82) is 0 Å². The van der Waals surface area contributed by atoms with Crippen molar-refractivity contribution in [2.75, 3.05) is 7.11 Å². The van der Waals surface area contributed by atoms with E-state index in [4.69, 9.17) is 16.3 Å². The van der Waals surface area contributed by atoms with Gasteiger partial charge in [0.1, 0.15) is 17.4 Å². The predicted octanol–water partition coefficient (Wildman–Crippen LogP) is 5.76. The van der Waals surface area contributed by atoms with Crippen LogP contribution in [0.25, 0.3) is 0 Å². The van der Waals surface area contributed by atoms with Crippen LogP contribution in [0.3, 0.4) is 0 Å². The minimum Gasteiger partial charge on any atom is -0.496 e. The van der Waals surface area contributed by atoms with Gasteiger partial charge in [-0.2, -0.15) is 0 Å². The Hall–Kier alpha value is -2.31. The first kappa shape index (κ1) is 19.5. The lowest BCUT2D eigenvalue weighted by Crippen LogP contribution is -2.17. The molecule has 7 heteroatoms. The van der Waals surface area contributed by atoms with Crippen molar-refractivity contribution in [2.45, 2.75) is 13.5 Å². The fourth-order valence-electron chi connectivity index (χ4n) is 2.64. The molecule has 0 bridgehead atoms. The summed E-state index contributed by atoms with van der Waals surface area (Å²) in [5, 5.41) is 2.94. The molecule has 0 aliphatic carbocycles. The van der Waals surface area contributed by atoms with E-state index < -0.39 is 11.6 Å². The highest BCUT2D eigenvalue weighted by Crippen LogP contribution is 2.36. The molecule has 0 atom stereocenters. The number of benzene rings is 2. The fourth-order valence-corrected chi connectivity index (χ4v) is 3.75. The maximum atomic E-state index is 14.0. The standard InChI is InChI=1S/C20H16ClF2NO2S/c1-12-11-27-20(24(12)10-13-3-5-15(22)8-17(13)23)9-18(25)16-7-14(21)4-6-19(16)26-2/h3-9,11H,10H2,1-2H3. The zero-order valence-corrected chi connectivity index (χ0v) is 16.2. The van der Waals surface area contributed by atoms with Crippen molar-refractivity contribution >= 4 is 29.1 Å². The van der Waals surface area contributed by atoms with Gasteiger partial charge in [-0.25, -0.2) is 8.78 Å². The summed E-state index contributed by atoms with van der Waals surface area (Å²) in [6, 6.07) is 8.29. The molecule has 0 aromatic heterocycles. The zero-order chi connectivity index (χ0) is 19.6. The third-order valence-electron chi connectivity index (χ3n) is 4.07. The lowest BCUT2D eigenvalue weighted by molar-refractivity contribution is 0.104. The van der Waals surface area contributed by atoms with Crippen molar-refractivity contribution in [1.82, 2.24) is 4.90 Å². The highest BCUT2D eigenvalue weighted by atomic mass is 35.5. The number of ketones is 1. The maximum Gasteiger partial charge on any atom is 0.192 e. The molecule has 0 saturated heterocycles. The fraction of sp³-hybridized carbons (Fsp3) is 0.150. The SMILES string of the molecule is COc1ccc(Cl)cc1C(=O)C=C1SC=C(C)N1Cc1ccc(F)cc1F. The Labute approximate surface area is 165 Å². The average Bonchev–Trinajstić information content (AvgIpc) is 2.97. The van der Waals surface area contributed by atoms with Crippen LogP contribution in [0, 0.1) is 11.6 Å². The molecule has 0 N–H and O–H groups in total. The van der Waals surface area contributed by atoms with Gasteiger partial charge >= 0.3 is 0 Å².